The molecule has 0 radical (unpaired) electrons. The summed E-state index contributed by atoms with van der Waals surface area (Å²) in [6, 6.07) is 55.1. The van der Waals surface area contributed by atoms with Crippen molar-refractivity contribution < 1.29 is 94.2 Å². The predicted octanol–water partition coefficient (Wildman–Crippen LogP) is 30.2. The van der Waals surface area contributed by atoms with Crippen LogP contribution in [-0.4, -0.2) is 126 Å². The summed E-state index contributed by atoms with van der Waals surface area (Å²) in [6.45, 7) is 22.6. The monoisotopic (exact) mass is 1740 g/mol. The first kappa shape index (κ1) is 113. The van der Waals surface area contributed by atoms with Gasteiger partial charge in [0.1, 0.15) is 46.4 Å². The van der Waals surface area contributed by atoms with Crippen LogP contribution in [0.5, 0.6) is 0 Å². The zero-order chi connectivity index (χ0) is 88.5. The number of halogens is 12. The van der Waals surface area contributed by atoms with Gasteiger partial charge in [0, 0.05) is 22.3 Å². The Labute approximate surface area is 695 Å². The van der Waals surface area contributed by atoms with Crippen LogP contribution in [0.1, 0.15) is 267 Å². The van der Waals surface area contributed by atoms with E-state index in [4.69, 9.17) is 0 Å². The molecule has 6 aromatic carbocycles. The molecule has 6 aromatic rings. The molecule has 0 N–H and O–H groups in total. The summed E-state index contributed by atoms with van der Waals surface area (Å²) in [5.41, 5.74) is 7.68. The Morgan fingerprint density at radius 2 is 0.379 bits per heavy atom. The van der Waals surface area contributed by atoms with Crippen molar-refractivity contribution in [3.8, 4) is 0 Å². The first-order valence-electron chi connectivity index (χ1n) is 42.1. The molecule has 0 saturated carbocycles. The number of nitrogens with zero attached hydrogens (tertiary/aromatic N) is 4. The Bertz CT molecular complexity index is 3370. The molecule has 0 amide bonds. The van der Waals surface area contributed by atoms with E-state index in [2.05, 4.69) is 205 Å². The molecule has 672 valence electrons. The summed E-state index contributed by atoms with van der Waals surface area (Å²) < 4.78 is 185. The molecule has 0 aromatic heterocycles. The molecule has 0 heterocycles. The average Bonchev–Trinajstić information content (AvgIpc) is 0.793. The number of rotatable bonds is 46. The summed E-state index contributed by atoms with van der Waals surface area (Å²) in [5.74, 6) is 0. The van der Waals surface area contributed by atoms with Crippen LogP contribution >= 0.6 is 15.6 Å². The first-order valence-corrected chi connectivity index (χ1v) is 48.9. The third kappa shape index (κ3) is 84.0. The van der Waals surface area contributed by atoms with E-state index in [0.29, 0.717) is 0 Å². The quantitative estimate of drug-likeness (QED) is 0.0124. The third-order valence-electron chi connectivity index (χ3n) is 18.9. The van der Waals surface area contributed by atoms with Crippen LogP contribution in [0.4, 0.5) is 50.4 Å². The number of unbranched alkanes of at least 4 members (excludes halogenated alkanes) is 28. The van der Waals surface area contributed by atoms with Gasteiger partial charge in [-0.25, -0.2) is 16.8 Å². The number of aryl methyl sites for hydroxylation is 2. The second kappa shape index (κ2) is 55.8. The van der Waals surface area contributed by atoms with Crippen molar-refractivity contribution in [3.05, 3.63) is 203 Å². The zero-order valence-corrected chi connectivity index (χ0v) is 76.4. The topological polar surface area (TPSA) is 114 Å². The maximum absolute atomic E-state index is 10.7. The van der Waals surface area contributed by atoms with Gasteiger partial charge in [-0.1, -0.05) is 339 Å². The normalized spacial score (nSPS) is 13.1. The van der Waals surface area contributed by atoms with Crippen molar-refractivity contribution in [2.45, 2.75) is 283 Å². The SMILES string of the molecule is CCCCCCCCCCCC[N+](C)(C)Cc1ccccc1.CCCCCCCCCCCC[N+](C)(C)Cc1ccccc1.CCCCCCCC[N+](C)(C)Cc1ccccc1.CCCCCCCC[N+](C)(C)Cc1ccccc1.Cc1ccc(S(=O)(=O)[O-])cc1.Cc1ccc(S(=O)(=O)[O-])cc1.F[P-](F)(F)(F)(F)F.F[P-](F)(F)(F)(F)F. The second-order valence-electron chi connectivity index (χ2n) is 33.6. The molecule has 0 fully saturated rings. The van der Waals surface area contributed by atoms with E-state index < -0.39 is 35.9 Å². The van der Waals surface area contributed by atoms with E-state index in [9.17, 15) is 76.3 Å². The van der Waals surface area contributed by atoms with E-state index >= 15 is 0 Å². The fourth-order valence-electron chi connectivity index (χ4n) is 12.7. The predicted molar refractivity (Wildman–Crippen MR) is 464 cm³/mol. The molecule has 0 bridgehead atoms. The van der Waals surface area contributed by atoms with E-state index in [1.165, 1.54) is 278 Å². The maximum atomic E-state index is 10.4. The molecule has 0 atom stereocenters. The number of benzene rings is 6. The van der Waals surface area contributed by atoms with Gasteiger partial charge in [-0.05, 0) is 89.5 Å². The minimum absolute atomic E-state index is 0.178. The van der Waals surface area contributed by atoms with E-state index in [0.717, 1.165) is 55.2 Å². The van der Waals surface area contributed by atoms with E-state index in [1.54, 1.807) is 24.3 Å². The van der Waals surface area contributed by atoms with Gasteiger partial charge in [-0.15, -0.1) is 0 Å². The molecule has 0 unspecified atom stereocenters. The summed E-state index contributed by atoms with van der Waals surface area (Å²) in [5, 5.41) is 0. The van der Waals surface area contributed by atoms with Crippen molar-refractivity contribution in [2.24, 2.45) is 0 Å². The van der Waals surface area contributed by atoms with Gasteiger partial charge in [-0.3, -0.25) is 0 Å². The molecule has 116 heavy (non-hydrogen) atoms. The van der Waals surface area contributed by atoms with Crippen LogP contribution < -0.4 is 0 Å². The Balaban J connectivity index is 0. The summed E-state index contributed by atoms with van der Waals surface area (Å²) >= 11 is 0. The molecule has 0 spiro atoms. The Kier molecular flexibility index (Phi) is 54.4. The average molecular weight is 1740 g/mol. The minimum atomic E-state index is -10.7. The molecule has 26 heteroatoms. The van der Waals surface area contributed by atoms with Crippen LogP contribution in [0.3, 0.4) is 0 Å². The van der Waals surface area contributed by atoms with Crippen molar-refractivity contribution >= 4 is 35.9 Å². The molecular weight excluding hydrogens is 1590 g/mol. The number of hydrogen-bond acceptors (Lipinski definition) is 6. The number of quaternary nitrogens is 4. The van der Waals surface area contributed by atoms with Crippen molar-refractivity contribution in [1.29, 1.82) is 0 Å². The zero-order valence-electron chi connectivity index (χ0n) is 72.9. The van der Waals surface area contributed by atoms with Crippen LogP contribution in [0.15, 0.2) is 180 Å². The third-order valence-corrected chi connectivity index (χ3v) is 20.6. The van der Waals surface area contributed by atoms with Gasteiger partial charge in [0.25, 0.3) is 0 Å². The fraction of sp³-hybridized carbons (Fsp3) is 0.600. The summed E-state index contributed by atoms with van der Waals surface area (Å²) in [4.78, 5) is -0.355. The summed E-state index contributed by atoms with van der Waals surface area (Å²) in [7, 11) is -11.0. The molecular formula is C90H150F12N4O6P2S2. The van der Waals surface area contributed by atoms with Gasteiger partial charge < -0.3 is 27.0 Å². The van der Waals surface area contributed by atoms with Crippen LogP contribution in [0.25, 0.3) is 0 Å². The van der Waals surface area contributed by atoms with Crippen molar-refractivity contribution in [2.75, 3.05) is 82.6 Å². The molecule has 0 aliphatic rings. The van der Waals surface area contributed by atoms with Gasteiger partial charge >= 0.3 is 66.0 Å². The Hall–Kier alpha value is -5.00. The van der Waals surface area contributed by atoms with Crippen molar-refractivity contribution in [3.63, 3.8) is 0 Å². The molecule has 10 nitrogen and oxygen atoms in total. The van der Waals surface area contributed by atoms with E-state index in [1.807, 2.05) is 13.8 Å². The van der Waals surface area contributed by atoms with Gasteiger partial charge in [0.05, 0.1) is 92.4 Å². The van der Waals surface area contributed by atoms with Gasteiger partial charge in [0.15, 0.2) is 0 Å². The number of hydrogen-bond donors (Lipinski definition) is 0. The molecule has 0 aliphatic carbocycles. The van der Waals surface area contributed by atoms with Crippen LogP contribution in [0.2, 0.25) is 0 Å². The van der Waals surface area contributed by atoms with Gasteiger partial charge in [-0.2, -0.15) is 0 Å². The molecule has 0 saturated heterocycles. The van der Waals surface area contributed by atoms with Crippen molar-refractivity contribution in [1.82, 2.24) is 0 Å². The standard InChI is InChI=1S/2C21H38N.2C17H30N.2C7H8O3S.2F6P/c2*1-4-5-6-7-8-9-10-11-12-16-19-22(2,3)20-21-17-14-13-15-18-21;2*1-4-5-6-7-8-12-15-18(2,3)16-17-13-10-9-11-14-17;2*1-6-2-4-7(5-3-6)11(8,9)10;2*1-7(2,3,4,5)6/h2*13-15,17-18H,4-12,16,19-20H2,1-3H3;2*9-11,13-14H,4-8,12,15-16H2,1-3H3;2*2-5H,1H3,(H,8,9,10);;/q4*+1;;;2*-1/p-2. The van der Waals surface area contributed by atoms with Crippen LogP contribution in [0, 0.1) is 13.8 Å². The second-order valence-corrected chi connectivity index (χ2v) is 40.2. The first-order chi connectivity index (χ1) is 53.5. The molecule has 0 aliphatic heterocycles. The molecule has 6 rings (SSSR count). The fourth-order valence-corrected chi connectivity index (χ4v) is 13.7. The van der Waals surface area contributed by atoms with E-state index in [-0.39, 0.29) is 9.79 Å². The van der Waals surface area contributed by atoms with Crippen LogP contribution in [-0.2, 0) is 46.4 Å². The summed E-state index contributed by atoms with van der Waals surface area (Å²) in [6.07, 6.45) is 45.2. The Morgan fingerprint density at radius 3 is 0.517 bits per heavy atom. The Morgan fingerprint density at radius 1 is 0.241 bits per heavy atom. The van der Waals surface area contributed by atoms with Gasteiger partial charge in [0.2, 0.25) is 0 Å².